The monoisotopic (exact) mass is 483 g/mol. The first-order valence-corrected chi connectivity index (χ1v) is 12.8. The highest BCUT2D eigenvalue weighted by Crippen LogP contribution is 2.25. The van der Waals surface area contributed by atoms with Crippen molar-refractivity contribution in [3.8, 4) is 0 Å². The number of nitrogens with zero attached hydrogens (tertiary/aromatic N) is 1. The molecule has 9 heteroatoms. The van der Waals surface area contributed by atoms with E-state index in [1.807, 2.05) is 26.0 Å². The van der Waals surface area contributed by atoms with Gasteiger partial charge in [0.1, 0.15) is 5.69 Å². The maximum absolute atomic E-state index is 13.0. The Labute approximate surface area is 199 Å². The van der Waals surface area contributed by atoms with Crippen LogP contribution in [0.1, 0.15) is 46.4 Å². The average Bonchev–Trinajstić information content (AvgIpc) is 3.24. The van der Waals surface area contributed by atoms with Crippen molar-refractivity contribution in [1.29, 1.82) is 0 Å². The fourth-order valence-corrected chi connectivity index (χ4v) is 5.80. The number of sulfonamides is 1. The van der Waals surface area contributed by atoms with E-state index in [9.17, 15) is 18.0 Å². The number of aromatic nitrogens is 1. The number of aromatic amines is 1. The summed E-state index contributed by atoms with van der Waals surface area (Å²) in [6, 6.07) is 10.4. The molecule has 1 fully saturated rings. The van der Waals surface area contributed by atoms with Gasteiger partial charge in [0.2, 0.25) is 10.0 Å². The van der Waals surface area contributed by atoms with Crippen molar-refractivity contribution in [3.63, 3.8) is 0 Å². The molecular weight excluding hydrogens is 454 g/mol. The van der Waals surface area contributed by atoms with Gasteiger partial charge in [0.15, 0.2) is 6.61 Å². The predicted molar refractivity (Wildman–Crippen MR) is 130 cm³/mol. The zero-order chi connectivity index (χ0) is 24.5. The molecule has 180 valence electrons. The van der Waals surface area contributed by atoms with Crippen LogP contribution in [0.3, 0.4) is 0 Å². The molecule has 0 radical (unpaired) electrons. The molecule has 0 spiro atoms. The summed E-state index contributed by atoms with van der Waals surface area (Å²) in [5, 5.41) is 3.59. The second-order valence-corrected chi connectivity index (χ2v) is 10.7. The van der Waals surface area contributed by atoms with Crippen LogP contribution < -0.4 is 5.32 Å². The number of nitrogens with one attached hydrogen (secondary N) is 2. The van der Waals surface area contributed by atoms with E-state index in [2.05, 4.69) is 10.3 Å². The third-order valence-electron chi connectivity index (χ3n) is 6.08. The maximum atomic E-state index is 13.0. The molecule has 0 unspecified atom stereocenters. The minimum atomic E-state index is -3.63. The van der Waals surface area contributed by atoms with Crippen molar-refractivity contribution in [2.75, 3.05) is 25.0 Å². The molecule has 1 saturated heterocycles. The molecule has 8 nitrogen and oxygen atoms in total. The van der Waals surface area contributed by atoms with Crippen LogP contribution in [-0.4, -0.2) is 49.3 Å². The van der Waals surface area contributed by atoms with Crippen molar-refractivity contribution in [3.05, 3.63) is 58.8 Å². The Hall–Kier alpha value is -3.17. The number of H-pyrrole nitrogens is 1. The average molecular weight is 484 g/mol. The first kappa shape index (κ1) is 24.0. The Morgan fingerprint density at radius 1 is 1.00 bits per heavy atom. The number of ether oxygens (including phenoxy) is 1. The lowest BCUT2D eigenvalue weighted by molar-refractivity contribution is -0.119. The Morgan fingerprint density at radius 3 is 2.47 bits per heavy atom. The van der Waals surface area contributed by atoms with Gasteiger partial charge in [-0.15, -0.1) is 0 Å². The molecule has 1 amide bonds. The summed E-state index contributed by atoms with van der Waals surface area (Å²) < 4.78 is 32.6. The van der Waals surface area contributed by atoms with Crippen molar-refractivity contribution in [2.45, 2.75) is 44.9 Å². The summed E-state index contributed by atoms with van der Waals surface area (Å²) in [5.41, 5.74) is 4.29. The number of hydrogen-bond acceptors (Lipinski definition) is 5. The molecule has 3 aromatic rings. The van der Waals surface area contributed by atoms with Crippen LogP contribution >= 0.6 is 0 Å². The topological polar surface area (TPSA) is 109 Å². The Morgan fingerprint density at radius 2 is 1.74 bits per heavy atom. The maximum Gasteiger partial charge on any atom is 0.355 e. The van der Waals surface area contributed by atoms with Crippen LogP contribution in [-0.2, 0) is 19.6 Å². The molecule has 0 bridgehead atoms. The summed E-state index contributed by atoms with van der Waals surface area (Å²) >= 11 is 0. The molecule has 0 saturated carbocycles. The zero-order valence-corrected chi connectivity index (χ0v) is 20.4. The molecule has 4 rings (SSSR count). The Balaban J connectivity index is 1.42. The van der Waals surface area contributed by atoms with Crippen LogP contribution in [0.4, 0.5) is 5.69 Å². The van der Waals surface area contributed by atoms with Crippen molar-refractivity contribution in [2.24, 2.45) is 0 Å². The summed E-state index contributed by atoms with van der Waals surface area (Å²) in [6.07, 6.45) is 2.71. The van der Waals surface area contributed by atoms with Gasteiger partial charge in [-0.05, 0) is 74.6 Å². The first-order chi connectivity index (χ1) is 16.1. The van der Waals surface area contributed by atoms with Crippen LogP contribution in [0.5, 0.6) is 0 Å². The van der Waals surface area contributed by atoms with Gasteiger partial charge in [-0.1, -0.05) is 18.6 Å². The van der Waals surface area contributed by atoms with Gasteiger partial charge in [0.25, 0.3) is 5.91 Å². The highest BCUT2D eigenvalue weighted by atomic mass is 32.2. The number of benzene rings is 2. The third-order valence-corrected chi connectivity index (χ3v) is 7.97. The first-order valence-electron chi connectivity index (χ1n) is 11.3. The highest BCUT2D eigenvalue weighted by molar-refractivity contribution is 7.89. The molecule has 1 aliphatic heterocycles. The summed E-state index contributed by atoms with van der Waals surface area (Å²) in [4.78, 5) is 28.1. The largest absolute Gasteiger partial charge is 0.451 e. The minimum Gasteiger partial charge on any atom is -0.451 e. The molecule has 1 aromatic heterocycles. The molecule has 34 heavy (non-hydrogen) atoms. The standard InChI is InChI=1S/C25H29N3O5S/c1-16-11-18(3)20-14-23(26-22(20)12-16)25(30)33-15-24(29)27-21-13-19(8-7-17(21)2)34(31,32)28-9-5-4-6-10-28/h7-8,11-14,26H,4-6,9-10,15H2,1-3H3,(H,27,29). The molecule has 2 N–H and O–H groups in total. The van der Waals surface area contributed by atoms with Crippen molar-refractivity contribution < 1.29 is 22.7 Å². The van der Waals surface area contributed by atoms with Gasteiger partial charge in [0.05, 0.1) is 4.90 Å². The molecular formula is C25H29N3O5S. The van der Waals surface area contributed by atoms with Crippen LogP contribution in [0.25, 0.3) is 10.9 Å². The van der Waals surface area contributed by atoms with Crippen LogP contribution in [0.15, 0.2) is 41.3 Å². The van der Waals surface area contributed by atoms with E-state index in [4.69, 9.17) is 4.74 Å². The van der Waals surface area contributed by atoms with Crippen molar-refractivity contribution >= 4 is 38.5 Å². The van der Waals surface area contributed by atoms with Crippen molar-refractivity contribution in [1.82, 2.24) is 9.29 Å². The number of carbonyl (C=O) groups is 2. The summed E-state index contributed by atoms with van der Waals surface area (Å²) in [7, 11) is -3.63. The van der Waals surface area contributed by atoms with E-state index in [-0.39, 0.29) is 10.6 Å². The SMILES string of the molecule is Cc1cc(C)c2cc(C(=O)OCC(=O)Nc3cc(S(=O)(=O)N4CCCCC4)ccc3C)[nH]c2c1. The molecule has 0 aliphatic carbocycles. The summed E-state index contributed by atoms with van der Waals surface area (Å²) in [6.45, 7) is 6.22. The quantitative estimate of drug-likeness (QED) is 0.514. The number of anilines is 1. The second-order valence-electron chi connectivity index (χ2n) is 8.79. The number of hydrogen-bond donors (Lipinski definition) is 2. The molecule has 2 heterocycles. The van der Waals surface area contributed by atoms with Gasteiger partial charge in [-0.3, -0.25) is 4.79 Å². The third kappa shape index (κ3) is 5.00. The number of aryl methyl sites for hydroxylation is 3. The van der Waals surface area contributed by atoms with Gasteiger partial charge < -0.3 is 15.0 Å². The lowest BCUT2D eigenvalue weighted by Crippen LogP contribution is -2.35. The lowest BCUT2D eigenvalue weighted by Gasteiger charge is -2.26. The fourth-order valence-electron chi connectivity index (χ4n) is 4.25. The number of carbonyl (C=O) groups excluding carboxylic acids is 2. The second kappa shape index (κ2) is 9.60. The normalized spacial score (nSPS) is 14.8. The van der Waals surface area contributed by atoms with E-state index < -0.39 is 28.5 Å². The number of fused-ring (bicyclic) bond motifs is 1. The van der Waals surface area contributed by atoms with Crippen LogP contribution in [0.2, 0.25) is 0 Å². The van der Waals surface area contributed by atoms with E-state index in [0.29, 0.717) is 24.3 Å². The number of amides is 1. The van der Waals surface area contributed by atoms with Gasteiger partial charge in [0, 0.05) is 29.7 Å². The Bertz CT molecular complexity index is 1350. The zero-order valence-electron chi connectivity index (χ0n) is 19.6. The van der Waals surface area contributed by atoms with Gasteiger partial charge in [-0.25, -0.2) is 13.2 Å². The summed E-state index contributed by atoms with van der Waals surface area (Å²) in [5.74, 6) is -1.19. The van der Waals surface area contributed by atoms with E-state index in [1.165, 1.54) is 10.4 Å². The van der Waals surface area contributed by atoms with Gasteiger partial charge in [-0.2, -0.15) is 4.31 Å². The molecule has 0 atom stereocenters. The van der Waals surface area contributed by atoms with Gasteiger partial charge >= 0.3 is 5.97 Å². The number of piperidine rings is 1. The smallest absolute Gasteiger partial charge is 0.355 e. The molecule has 2 aromatic carbocycles. The van der Waals surface area contributed by atoms with Crippen LogP contribution in [0, 0.1) is 20.8 Å². The minimum absolute atomic E-state index is 0.135. The number of esters is 1. The predicted octanol–water partition coefficient (Wildman–Crippen LogP) is 4.06. The fraction of sp³-hybridized carbons (Fsp3) is 0.360. The Kier molecular flexibility index (Phi) is 6.77. The molecule has 1 aliphatic rings. The highest BCUT2D eigenvalue weighted by Gasteiger charge is 2.26. The van der Waals surface area contributed by atoms with E-state index >= 15 is 0 Å². The van der Waals surface area contributed by atoms with E-state index in [1.54, 1.807) is 25.1 Å². The van der Waals surface area contributed by atoms with E-state index in [0.717, 1.165) is 41.3 Å². The number of rotatable bonds is 6. The lowest BCUT2D eigenvalue weighted by atomic mass is 10.1.